The van der Waals surface area contributed by atoms with E-state index in [4.69, 9.17) is 10.2 Å². The Labute approximate surface area is 89.6 Å². The first-order valence-electron chi connectivity index (χ1n) is 5.07. The normalized spacial score (nSPS) is 11.9. The molecule has 0 atom stereocenters. The van der Waals surface area contributed by atoms with Crippen LogP contribution in [-0.2, 0) is 9.59 Å². The number of carboxylic acid groups (broad SMARTS) is 2. The zero-order chi connectivity index (χ0) is 11.9. The summed E-state index contributed by atoms with van der Waals surface area (Å²) in [5.41, 5.74) is -0.402. The summed E-state index contributed by atoms with van der Waals surface area (Å²) in [5.74, 6) is -1.75. The summed E-state index contributed by atoms with van der Waals surface area (Å²) in [6.07, 6.45) is 4.67. The lowest BCUT2D eigenvalue weighted by Gasteiger charge is -2.25. The maximum absolute atomic E-state index is 10.7. The van der Waals surface area contributed by atoms with Gasteiger partial charge in [0.15, 0.2) is 0 Å². The van der Waals surface area contributed by atoms with Crippen molar-refractivity contribution < 1.29 is 19.8 Å². The molecule has 0 saturated carbocycles. The maximum Gasteiger partial charge on any atom is 0.307 e. The summed E-state index contributed by atoms with van der Waals surface area (Å²) in [6.45, 7) is 3.83. The fourth-order valence-electron chi connectivity index (χ4n) is 1.51. The van der Waals surface area contributed by atoms with Gasteiger partial charge in [0.2, 0.25) is 0 Å². The molecule has 0 amide bonds. The second-order valence-corrected chi connectivity index (χ2v) is 3.64. The molecule has 0 spiro atoms. The van der Waals surface area contributed by atoms with Gasteiger partial charge in [0, 0.05) is 0 Å². The summed E-state index contributed by atoms with van der Waals surface area (Å²) < 4.78 is 0. The van der Waals surface area contributed by atoms with E-state index in [1.54, 1.807) is 6.08 Å². The Balaban J connectivity index is 4.55. The van der Waals surface area contributed by atoms with E-state index < -0.39 is 17.4 Å². The smallest absolute Gasteiger partial charge is 0.307 e. The zero-order valence-electron chi connectivity index (χ0n) is 9.19. The minimum Gasteiger partial charge on any atom is -0.481 e. The van der Waals surface area contributed by atoms with E-state index in [9.17, 15) is 9.59 Å². The van der Waals surface area contributed by atoms with Crippen molar-refractivity contribution in [2.45, 2.75) is 39.5 Å². The molecule has 0 unspecified atom stereocenters. The number of rotatable bonds is 7. The number of hydrogen-bond donors (Lipinski definition) is 2. The second-order valence-electron chi connectivity index (χ2n) is 3.64. The van der Waals surface area contributed by atoms with E-state index >= 15 is 0 Å². The van der Waals surface area contributed by atoms with Crippen molar-refractivity contribution in [1.29, 1.82) is 0 Å². The third-order valence-electron chi connectivity index (χ3n) is 2.68. The largest absolute Gasteiger partial charge is 0.481 e. The Bertz CT molecular complexity index is 251. The molecule has 0 saturated heterocycles. The summed E-state index contributed by atoms with van der Waals surface area (Å²) >= 11 is 0. The van der Waals surface area contributed by atoms with Crippen LogP contribution >= 0.6 is 0 Å². The minimum atomic E-state index is -0.900. The van der Waals surface area contributed by atoms with E-state index in [0.29, 0.717) is 12.8 Å². The second kappa shape index (κ2) is 6.22. The average molecular weight is 214 g/mol. The lowest BCUT2D eigenvalue weighted by Crippen LogP contribution is -2.20. The Morgan fingerprint density at radius 3 is 2.00 bits per heavy atom. The first-order valence-corrected chi connectivity index (χ1v) is 5.07. The molecule has 4 heteroatoms. The number of carbonyl (C=O) groups is 2. The van der Waals surface area contributed by atoms with Crippen molar-refractivity contribution in [3.8, 4) is 0 Å². The molecule has 0 aromatic carbocycles. The van der Waals surface area contributed by atoms with Crippen LogP contribution in [0, 0.1) is 5.41 Å². The van der Waals surface area contributed by atoms with Crippen molar-refractivity contribution in [3.63, 3.8) is 0 Å². The molecule has 0 rings (SSSR count). The van der Waals surface area contributed by atoms with E-state index in [0.717, 1.165) is 0 Å². The van der Waals surface area contributed by atoms with Gasteiger partial charge >= 0.3 is 11.9 Å². The molecule has 0 heterocycles. The van der Waals surface area contributed by atoms with Crippen LogP contribution in [0.15, 0.2) is 12.2 Å². The van der Waals surface area contributed by atoms with Gasteiger partial charge < -0.3 is 10.2 Å². The number of allylic oxidation sites excluding steroid dienone is 1. The predicted molar refractivity (Wildman–Crippen MR) is 56.7 cm³/mol. The van der Waals surface area contributed by atoms with Crippen LogP contribution in [-0.4, -0.2) is 22.2 Å². The van der Waals surface area contributed by atoms with Crippen LogP contribution in [0.25, 0.3) is 0 Å². The highest BCUT2D eigenvalue weighted by atomic mass is 16.4. The van der Waals surface area contributed by atoms with Gasteiger partial charge in [-0.2, -0.15) is 0 Å². The van der Waals surface area contributed by atoms with Gasteiger partial charge in [0.05, 0.1) is 12.8 Å². The minimum absolute atomic E-state index is 0.0517. The SMILES string of the molecule is CCC(C=CCC(=O)O)(CC)CC(=O)O. The van der Waals surface area contributed by atoms with E-state index in [1.807, 2.05) is 13.8 Å². The molecule has 0 aliphatic rings. The van der Waals surface area contributed by atoms with E-state index in [1.165, 1.54) is 6.08 Å². The Kier molecular flexibility index (Phi) is 5.67. The van der Waals surface area contributed by atoms with Crippen LogP contribution in [0.3, 0.4) is 0 Å². The predicted octanol–water partition coefficient (Wildman–Crippen LogP) is 2.30. The van der Waals surface area contributed by atoms with Gasteiger partial charge in [0.1, 0.15) is 0 Å². The van der Waals surface area contributed by atoms with Gasteiger partial charge in [-0.15, -0.1) is 0 Å². The van der Waals surface area contributed by atoms with Crippen LogP contribution in [0.2, 0.25) is 0 Å². The summed E-state index contributed by atoms with van der Waals surface area (Å²) in [6, 6.07) is 0. The Morgan fingerprint density at radius 1 is 1.13 bits per heavy atom. The van der Waals surface area contributed by atoms with Crippen molar-refractivity contribution >= 4 is 11.9 Å². The lowest BCUT2D eigenvalue weighted by molar-refractivity contribution is -0.139. The third-order valence-corrected chi connectivity index (χ3v) is 2.68. The molecule has 0 aliphatic carbocycles. The molecule has 0 fully saturated rings. The van der Waals surface area contributed by atoms with E-state index in [2.05, 4.69) is 0 Å². The number of carboxylic acids is 2. The molecule has 86 valence electrons. The van der Waals surface area contributed by atoms with Gasteiger partial charge in [-0.05, 0) is 18.3 Å². The zero-order valence-corrected chi connectivity index (χ0v) is 9.19. The average Bonchev–Trinajstić information content (AvgIpc) is 2.15. The number of aliphatic carboxylic acids is 2. The van der Waals surface area contributed by atoms with Crippen LogP contribution < -0.4 is 0 Å². The molecule has 0 radical (unpaired) electrons. The standard InChI is InChI=1S/C11H18O4/c1-3-11(4-2,8-10(14)15)7-5-6-9(12)13/h5,7H,3-4,6,8H2,1-2H3,(H,12,13)(H,14,15). The van der Waals surface area contributed by atoms with Crippen LogP contribution in [0.1, 0.15) is 39.5 Å². The number of hydrogen-bond acceptors (Lipinski definition) is 2. The first-order chi connectivity index (χ1) is 6.95. The molecular weight excluding hydrogens is 196 g/mol. The summed E-state index contributed by atoms with van der Waals surface area (Å²) in [7, 11) is 0. The molecular formula is C11H18O4. The molecule has 4 nitrogen and oxygen atoms in total. The highest BCUT2D eigenvalue weighted by Gasteiger charge is 2.25. The third kappa shape index (κ3) is 5.20. The van der Waals surface area contributed by atoms with Gasteiger partial charge in [-0.1, -0.05) is 26.0 Å². The molecule has 0 aromatic heterocycles. The quantitative estimate of drug-likeness (QED) is 0.637. The van der Waals surface area contributed by atoms with Gasteiger partial charge in [0.25, 0.3) is 0 Å². The van der Waals surface area contributed by atoms with Crippen LogP contribution in [0.5, 0.6) is 0 Å². The summed E-state index contributed by atoms with van der Waals surface area (Å²) in [4.78, 5) is 21.0. The fraction of sp³-hybridized carbons (Fsp3) is 0.636. The molecule has 0 aromatic rings. The Morgan fingerprint density at radius 2 is 1.67 bits per heavy atom. The highest BCUT2D eigenvalue weighted by molar-refractivity contribution is 5.69. The highest BCUT2D eigenvalue weighted by Crippen LogP contribution is 2.32. The Hall–Kier alpha value is -1.32. The molecule has 0 aliphatic heterocycles. The monoisotopic (exact) mass is 214 g/mol. The maximum atomic E-state index is 10.7. The van der Waals surface area contributed by atoms with Crippen molar-refractivity contribution in [2.75, 3.05) is 0 Å². The van der Waals surface area contributed by atoms with Crippen molar-refractivity contribution in [2.24, 2.45) is 5.41 Å². The van der Waals surface area contributed by atoms with Gasteiger partial charge in [-0.3, -0.25) is 9.59 Å². The molecule has 2 N–H and O–H groups in total. The summed E-state index contributed by atoms with van der Waals surface area (Å²) in [5, 5.41) is 17.2. The van der Waals surface area contributed by atoms with Crippen molar-refractivity contribution in [1.82, 2.24) is 0 Å². The molecule has 0 bridgehead atoms. The molecule has 15 heavy (non-hydrogen) atoms. The van der Waals surface area contributed by atoms with Crippen LogP contribution in [0.4, 0.5) is 0 Å². The van der Waals surface area contributed by atoms with E-state index in [-0.39, 0.29) is 12.8 Å². The van der Waals surface area contributed by atoms with Crippen molar-refractivity contribution in [3.05, 3.63) is 12.2 Å². The lowest BCUT2D eigenvalue weighted by atomic mass is 9.79. The topological polar surface area (TPSA) is 74.6 Å². The van der Waals surface area contributed by atoms with Gasteiger partial charge in [-0.25, -0.2) is 0 Å². The first kappa shape index (κ1) is 13.7. The fourth-order valence-corrected chi connectivity index (χ4v) is 1.51.